The predicted octanol–water partition coefficient (Wildman–Crippen LogP) is 3.69. The summed E-state index contributed by atoms with van der Waals surface area (Å²) in [5, 5.41) is 5.67. The van der Waals surface area contributed by atoms with Crippen molar-refractivity contribution >= 4 is 27.7 Å². The van der Waals surface area contributed by atoms with E-state index in [-0.39, 0.29) is 5.91 Å². The molecule has 0 bridgehead atoms. The van der Waals surface area contributed by atoms with Gasteiger partial charge in [-0.3, -0.25) is 4.79 Å². The lowest BCUT2D eigenvalue weighted by atomic mass is 10.2. The molecule has 106 valence electrons. The van der Waals surface area contributed by atoms with Crippen molar-refractivity contribution in [2.75, 3.05) is 0 Å². The van der Waals surface area contributed by atoms with E-state index in [1.54, 1.807) is 0 Å². The minimum Gasteiger partial charge on any atom is -0.446 e. The number of hydrogen-bond donors (Lipinski definition) is 0. The third-order valence-corrected chi connectivity index (χ3v) is 3.67. The summed E-state index contributed by atoms with van der Waals surface area (Å²) < 4.78 is 6.86. The van der Waals surface area contributed by atoms with Gasteiger partial charge in [-0.05, 0) is 24.3 Å². The summed E-state index contributed by atoms with van der Waals surface area (Å²) in [7, 11) is 0. The molecule has 0 aromatic heterocycles. The minimum absolute atomic E-state index is 0.158. The first-order valence-corrected chi connectivity index (χ1v) is 7.30. The number of ether oxygens (including phenoxy) is 1. The Morgan fingerprint density at radius 2 is 1.81 bits per heavy atom. The Hall–Kier alpha value is -2.14. The van der Waals surface area contributed by atoms with Crippen molar-refractivity contribution in [3.8, 4) is 0 Å². The molecule has 2 aromatic carbocycles. The molecular formula is C16H13BrN2O2. The molecule has 0 N–H and O–H groups in total. The van der Waals surface area contributed by atoms with Crippen LogP contribution in [-0.4, -0.2) is 16.8 Å². The molecule has 0 aliphatic carbocycles. The second-order valence-electron chi connectivity index (χ2n) is 4.66. The van der Waals surface area contributed by atoms with Crippen LogP contribution < -0.4 is 0 Å². The maximum absolute atomic E-state index is 11.8. The zero-order valence-corrected chi connectivity index (χ0v) is 12.9. The van der Waals surface area contributed by atoms with Crippen LogP contribution >= 0.6 is 15.9 Å². The molecule has 1 atom stereocenters. The summed E-state index contributed by atoms with van der Waals surface area (Å²) in [6, 6.07) is 17.2. The van der Waals surface area contributed by atoms with Crippen LogP contribution in [-0.2, 0) is 9.53 Å². The number of halogens is 1. The van der Waals surface area contributed by atoms with Gasteiger partial charge in [0.2, 0.25) is 18.0 Å². The van der Waals surface area contributed by atoms with E-state index in [9.17, 15) is 4.79 Å². The number of carbonyl (C=O) groups excluding carboxylic acids is 1. The molecule has 2 aromatic rings. The Morgan fingerprint density at radius 3 is 2.43 bits per heavy atom. The molecule has 0 spiro atoms. The van der Waals surface area contributed by atoms with Gasteiger partial charge in [0.1, 0.15) is 0 Å². The lowest BCUT2D eigenvalue weighted by molar-refractivity contribution is -0.135. The number of rotatable bonds is 2. The highest BCUT2D eigenvalue weighted by molar-refractivity contribution is 9.10. The molecule has 1 aliphatic rings. The quantitative estimate of drug-likeness (QED) is 0.833. The predicted molar refractivity (Wildman–Crippen MR) is 83.5 cm³/mol. The Bertz CT molecular complexity index is 683. The summed E-state index contributed by atoms with van der Waals surface area (Å²) in [5.74, 6) is 0.299. The van der Waals surface area contributed by atoms with Crippen LogP contribution in [0.1, 0.15) is 24.3 Å². The van der Waals surface area contributed by atoms with Gasteiger partial charge < -0.3 is 4.74 Å². The summed E-state index contributed by atoms with van der Waals surface area (Å²) in [6.07, 6.45) is -0.522. The minimum atomic E-state index is -0.522. The van der Waals surface area contributed by atoms with Crippen molar-refractivity contribution in [1.29, 1.82) is 0 Å². The molecule has 0 saturated heterocycles. The van der Waals surface area contributed by atoms with Crippen molar-refractivity contribution in [1.82, 2.24) is 5.01 Å². The second kappa shape index (κ2) is 5.69. The zero-order valence-electron chi connectivity index (χ0n) is 11.4. The molecule has 0 radical (unpaired) electrons. The zero-order chi connectivity index (χ0) is 14.8. The molecule has 4 nitrogen and oxygen atoms in total. The van der Waals surface area contributed by atoms with E-state index in [2.05, 4.69) is 21.0 Å². The number of benzene rings is 2. The van der Waals surface area contributed by atoms with Gasteiger partial charge in [0.15, 0.2) is 0 Å². The lowest BCUT2D eigenvalue weighted by Gasteiger charge is -2.19. The fourth-order valence-electron chi connectivity index (χ4n) is 2.11. The normalized spacial score (nSPS) is 17.3. The van der Waals surface area contributed by atoms with Gasteiger partial charge in [0, 0.05) is 22.5 Å². The maximum Gasteiger partial charge on any atom is 0.243 e. The first-order valence-electron chi connectivity index (χ1n) is 6.51. The standard InChI is InChI=1S/C16H13BrN2O2/c1-11(20)19-16(13-7-9-14(17)10-8-13)21-15(18-19)12-5-3-2-4-6-12/h2-10,16H,1H3/t16-/m1/s1. The SMILES string of the molecule is CC(=O)N1N=C(c2ccccc2)O[C@@H]1c1ccc(Br)cc1. The fourth-order valence-corrected chi connectivity index (χ4v) is 2.37. The van der Waals surface area contributed by atoms with E-state index in [1.807, 2.05) is 54.6 Å². The molecule has 1 heterocycles. The van der Waals surface area contributed by atoms with E-state index in [0.29, 0.717) is 5.90 Å². The van der Waals surface area contributed by atoms with Gasteiger partial charge in [-0.2, -0.15) is 5.01 Å². The molecule has 0 saturated carbocycles. The van der Waals surface area contributed by atoms with Gasteiger partial charge in [-0.1, -0.05) is 46.3 Å². The molecule has 1 aliphatic heterocycles. The molecule has 0 fully saturated rings. The van der Waals surface area contributed by atoms with Crippen LogP contribution in [0.4, 0.5) is 0 Å². The fraction of sp³-hybridized carbons (Fsp3) is 0.125. The highest BCUT2D eigenvalue weighted by atomic mass is 79.9. The van der Waals surface area contributed by atoms with Crippen molar-refractivity contribution in [2.45, 2.75) is 13.2 Å². The highest BCUT2D eigenvalue weighted by Crippen LogP contribution is 2.30. The van der Waals surface area contributed by atoms with Gasteiger partial charge in [-0.15, -0.1) is 5.10 Å². The van der Waals surface area contributed by atoms with Crippen LogP contribution in [0.3, 0.4) is 0 Å². The first-order chi connectivity index (χ1) is 10.1. The second-order valence-corrected chi connectivity index (χ2v) is 5.57. The topological polar surface area (TPSA) is 41.9 Å². The van der Waals surface area contributed by atoms with Crippen LogP contribution in [0.5, 0.6) is 0 Å². The van der Waals surface area contributed by atoms with E-state index in [4.69, 9.17) is 4.74 Å². The third-order valence-electron chi connectivity index (χ3n) is 3.14. The largest absolute Gasteiger partial charge is 0.446 e. The molecule has 5 heteroatoms. The van der Waals surface area contributed by atoms with Crippen LogP contribution in [0.25, 0.3) is 0 Å². The Kier molecular flexibility index (Phi) is 3.75. The summed E-state index contributed by atoms with van der Waals surface area (Å²) in [6.45, 7) is 1.48. The summed E-state index contributed by atoms with van der Waals surface area (Å²) >= 11 is 3.40. The Balaban J connectivity index is 1.93. The van der Waals surface area contributed by atoms with Gasteiger partial charge in [-0.25, -0.2) is 0 Å². The monoisotopic (exact) mass is 344 g/mol. The van der Waals surface area contributed by atoms with E-state index < -0.39 is 6.23 Å². The van der Waals surface area contributed by atoms with Gasteiger partial charge in [0.05, 0.1) is 0 Å². The number of nitrogens with zero attached hydrogens (tertiary/aromatic N) is 2. The van der Waals surface area contributed by atoms with Crippen LogP contribution in [0, 0.1) is 0 Å². The molecule has 3 rings (SSSR count). The number of carbonyl (C=O) groups is 1. The van der Waals surface area contributed by atoms with Crippen molar-refractivity contribution in [3.05, 3.63) is 70.2 Å². The van der Waals surface area contributed by atoms with E-state index in [1.165, 1.54) is 11.9 Å². The first kappa shape index (κ1) is 13.8. The molecule has 0 unspecified atom stereocenters. The Morgan fingerprint density at radius 1 is 1.14 bits per heavy atom. The maximum atomic E-state index is 11.8. The number of hydrazone groups is 1. The average Bonchev–Trinajstić information content (AvgIpc) is 2.94. The van der Waals surface area contributed by atoms with Gasteiger partial charge in [0.25, 0.3) is 0 Å². The average molecular weight is 345 g/mol. The summed E-state index contributed by atoms with van der Waals surface area (Å²) in [5.41, 5.74) is 1.73. The van der Waals surface area contributed by atoms with Crippen LogP contribution in [0.2, 0.25) is 0 Å². The number of amides is 1. The Labute approximate surface area is 131 Å². The van der Waals surface area contributed by atoms with Gasteiger partial charge >= 0.3 is 0 Å². The van der Waals surface area contributed by atoms with E-state index >= 15 is 0 Å². The molecule has 1 amide bonds. The van der Waals surface area contributed by atoms with Crippen LogP contribution in [0.15, 0.2) is 64.2 Å². The highest BCUT2D eigenvalue weighted by Gasteiger charge is 2.32. The third kappa shape index (κ3) is 2.83. The van der Waals surface area contributed by atoms with Crippen molar-refractivity contribution < 1.29 is 9.53 Å². The lowest BCUT2D eigenvalue weighted by Crippen LogP contribution is -2.25. The molecule has 21 heavy (non-hydrogen) atoms. The summed E-state index contributed by atoms with van der Waals surface area (Å²) in [4.78, 5) is 11.8. The number of hydrogen-bond acceptors (Lipinski definition) is 3. The smallest absolute Gasteiger partial charge is 0.243 e. The van der Waals surface area contributed by atoms with E-state index in [0.717, 1.165) is 15.6 Å². The van der Waals surface area contributed by atoms with Crippen molar-refractivity contribution in [3.63, 3.8) is 0 Å². The van der Waals surface area contributed by atoms with Crippen molar-refractivity contribution in [2.24, 2.45) is 5.10 Å². The molecular weight excluding hydrogens is 332 g/mol.